The summed E-state index contributed by atoms with van der Waals surface area (Å²) >= 11 is 5.92. The van der Waals surface area contributed by atoms with Gasteiger partial charge in [-0.1, -0.05) is 17.7 Å². The predicted octanol–water partition coefficient (Wildman–Crippen LogP) is 3.19. The van der Waals surface area contributed by atoms with Crippen molar-refractivity contribution in [3.63, 3.8) is 0 Å². The Morgan fingerprint density at radius 3 is 2.74 bits per heavy atom. The molecule has 5 heteroatoms. The molecule has 0 bridgehead atoms. The number of nitrogens with one attached hydrogen (secondary N) is 1. The molecule has 1 amide bonds. The van der Waals surface area contributed by atoms with Crippen molar-refractivity contribution in [3.8, 4) is 5.75 Å². The van der Waals surface area contributed by atoms with Crippen LogP contribution in [0.4, 0.5) is 11.4 Å². The molecule has 4 nitrogen and oxygen atoms in total. The van der Waals surface area contributed by atoms with E-state index in [-0.39, 0.29) is 11.7 Å². The molecule has 19 heavy (non-hydrogen) atoms. The maximum atomic E-state index is 12.0. The quantitative estimate of drug-likeness (QED) is 0.737. The van der Waals surface area contributed by atoms with E-state index < -0.39 is 0 Å². The molecule has 0 aliphatic heterocycles. The minimum Gasteiger partial charge on any atom is -0.508 e. The van der Waals surface area contributed by atoms with Gasteiger partial charge in [-0.2, -0.15) is 0 Å². The molecule has 0 aromatic heterocycles. The van der Waals surface area contributed by atoms with Crippen LogP contribution in [0, 0.1) is 6.92 Å². The van der Waals surface area contributed by atoms with Crippen molar-refractivity contribution in [3.05, 3.63) is 52.5 Å². The van der Waals surface area contributed by atoms with Crippen LogP contribution in [-0.2, 0) is 0 Å². The number of phenols is 1. The SMILES string of the molecule is Cc1cc(N)c(Cl)cc1NC(=O)c1cccc(O)c1. The largest absolute Gasteiger partial charge is 0.508 e. The third-order valence-electron chi connectivity index (χ3n) is 2.70. The molecule has 0 fully saturated rings. The highest BCUT2D eigenvalue weighted by atomic mass is 35.5. The Bertz CT molecular complexity index is 641. The van der Waals surface area contributed by atoms with Gasteiger partial charge in [0.2, 0.25) is 0 Å². The van der Waals surface area contributed by atoms with Crippen molar-refractivity contribution in [2.75, 3.05) is 11.1 Å². The van der Waals surface area contributed by atoms with Crippen LogP contribution >= 0.6 is 11.6 Å². The van der Waals surface area contributed by atoms with Crippen molar-refractivity contribution in [1.29, 1.82) is 0 Å². The molecule has 0 heterocycles. The number of hydrogen-bond donors (Lipinski definition) is 3. The topological polar surface area (TPSA) is 75.3 Å². The van der Waals surface area contributed by atoms with E-state index in [2.05, 4.69) is 5.32 Å². The van der Waals surface area contributed by atoms with E-state index in [1.54, 1.807) is 24.3 Å². The van der Waals surface area contributed by atoms with Crippen LogP contribution in [0.3, 0.4) is 0 Å². The number of anilines is 2. The minimum atomic E-state index is -0.320. The number of aryl methyl sites for hydroxylation is 1. The fourth-order valence-corrected chi connectivity index (χ4v) is 1.84. The van der Waals surface area contributed by atoms with Crippen LogP contribution in [0.5, 0.6) is 5.75 Å². The van der Waals surface area contributed by atoms with Gasteiger partial charge in [-0.3, -0.25) is 4.79 Å². The molecule has 0 unspecified atom stereocenters. The summed E-state index contributed by atoms with van der Waals surface area (Å²) in [7, 11) is 0. The second-order valence-corrected chi connectivity index (χ2v) is 4.60. The molecule has 0 aliphatic rings. The molecule has 0 radical (unpaired) electrons. The number of rotatable bonds is 2. The third-order valence-corrected chi connectivity index (χ3v) is 3.03. The van der Waals surface area contributed by atoms with Crippen molar-refractivity contribution in [2.45, 2.75) is 6.92 Å². The Kier molecular flexibility index (Phi) is 3.62. The Morgan fingerprint density at radius 1 is 1.32 bits per heavy atom. The van der Waals surface area contributed by atoms with Crippen LogP contribution in [0.2, 0.25) is 5.02 Å². The van der Waals surface area contributed by atoms with E-state index in [0.29, 0.717) is 22.0 Å². The zero-order chi connectivity index (χ0) is 14.0. The summed E-state index contributed by atoms with van der Waals surface area (Å²) in [5.74, 6) is -0.278. The summed E-state index contributed by atoms with van der Waals surface area (Å²) < 4.78 is 0. The maximum Gasteiger partial charge on any atom is 0.255 e. The van der Waals surface area contributed by atoms with Gasteiger partial charge in [0.1, 0.15) is 5.75 Å². The summed E-state index contributed by atoms with van der Waals surface area (Å²) in [6.07, 6.45) is 0. The Balaban J connectivity index is 2.27. The lowest BCUT2D eigenvalue weighted by molar-refractivity contribution is 0.102. The number of phenolic OH excluding ortho intramolecular Hbond substituents is 1. The van der Waals surface area contributed by atoms with Gasteiger partial charge in [0.25, 0.3) is 5.91 Å². The smallest absolute Gasteiger partial charge is 0.255 e. The molecular formula is C14H13ClN2O2. The van der Waals surface area contributed by atoms with E-state index in [9.17, 15) is 9.90 Å². The van der Waals surface area contributed by atoms with Crippen LogP contribution < -0.4 is 11.1 Å². The normalized spacial score (nSPS) is 10.2. The Labute approximate surface area is 115 Å². The monoisotopic (exact) mass is 276 g/mol. The van der Waals surface area contributed by atoms with Crippen LogP contribution in [-0.4, -0.2) is 11.0 Å². The van der Waals surface area contributed by atoms with E-state index >= 15 is 0 Å². The standard InChI is InChI=1S/C14H13ClN2O2/c1-8-5-12(16)11(15)7-13(8)17-14(19)9-3-2-4-10(18)6-9/h2-7,18H,16H2,1H3,(H,17,19). The number of nitrogen functional groups attached to an aromatic ring is 1. The predicted molar refractivity (Wildman–Crippen MR) is 76.7 cm³/mol. The molecule has 0 atom stereocenters. The zero-order valence-electron chi connectivity index (χ0n) is 10.3. The molecule has 98 valence electrons. The maximum absolute atomic E-state index is 12.0. The number of halogens is 1. The first kappa shape index (κ1) is 13.2. The number of nitrogens with two attached hydrogens (primary N) is 1. The molecular weight excluding hydrogens is 264 g/mol. The molecule has 0 saturated carbocycles. The van der Waals surface area contributed by atoms with Gasteiger partial charge in [0.15, 0.2) is 0 Å². The van der Waals surface area contributed by atoms with Crippen molar-refractivity contribution < 1.29 is 9.90 Å². The number of benzene rings is 2. The first-order chi connectivity index (χ1) is 8.97. The summed E-state index contributed by atoms with van der Waals surface area (Å²) in [4.78, 5) is 12.0. The number of aromatic hydroxyl groups is 1. The fraction of sp³-hybridized carbons (Fsp3) is 0.0714. The molecule has 4 N–H and O–H groups in total. The molecule has 0 aliphatic carbocycles. The second kappa shape index (κ2) is 5.20. The number of carbonyl (C=O) groups excluding carboxylic acids is 1. The lowest BCUT2D eigenvalue weighted by Gasteiger charge is -2.10. The van der Waals surface area contributed by atoms with E-state index in [4.69, 9.17) is 17.3 Å². The van der Waals surface area contributed by atoms with Gasteiger partial charge in [0, 0.05) is 11.3 Å². The first-order valence-electron chi connectivity index (χ1n) is 5.63. The zero-order valence-corrected chi connectivity index (χ0v) is 11.0. The van der Waals surface area contributed by atoms with Crippen LogP contribution in [0.1, 0.15) is 15.9 Å². The first-order valence-corrected chi connectivity index (χ1v) is 6.01. The van der Waals surface area contributed by atoms with Crippen molar-refractivity contribution >= 4 is 28.9 Å². The lowest BCUT2D eigenvalue weighted by atomic mass is 10.1. The van der Waals surface area contributed by atoms with Gasteiger partial charge < -0.3 is 16.2 Å². The van der Waals surface area contributed by atoms with E-state index in [1.807, 2.05) is 6.92 Å². The highest BCUT2D eigenvalue weighted by molar-refractivity contribution is 6.33. The summed E-state index contributed by atoms with van der Waals surface area (Å²) in [6.45, 7) is 1.82. The highest BCUT2D eigenvalue weighted by Gasteiger charge is 2.10. The lowest BCUT2D eigenvalue weighted by Crippen LogP contribution is -2.12. The van der Waals surface area contributed by atoms with E-state index in [0.717, 1.165) is 5.56 Å². The van der Waals surface area contributed by atoms with Crippen LogP contribution in [0.15, 0.2) is 36.4 Å². The summed E-state index contributed by atoms with van der Waals surface area (Å²) in [5, 5.41) is 12.5. The summed E-state index contributed by atoms with van der Waals surface area (Å²) in [5.41, 5.74) is 7.91. The second-order valence-electron chi connectivity index (χ2n) is 4.19. The molecule has 0 spiro atoms. The van der Waals surface area contributed by atoms with Crippen molar-refractivity contribution in [2.24, 2.45) is 0 Å². The number of amides is 1. The van der Waals surface area contributed by atoms with E-state index in [1.165, 1.54) is 12.1 Å². The third kappa shape index (κ3) is 2.98. The fourth-order valence-electron chi connectivity index (χ4n) is 1.68. The Hall–Kier alpha value is -2.20. The van der Waals surface area contributed by atoms with Gasteiger partial charge in [-0.05, 0) is 42.8 Å². The van der Waals surface area contributed by atoms with Gasteiger partial charge in [-0.15, -0.1) is 0 Å². The highest BCUT2D eigenvalue weighted by Crippen LogP contribution is 2.27. The van der Waals surface area contributed by atoms with Crippen LogP contribution in [0.25, 0.3) is 0 Å². The minimum absolute atomic E-state index is 0.0414. The number of hydrogen-bond acceptors (Lipinski definition) is 3. The average molecular weight is 277 g/mol. The molecule has 2 rings (SSSR count). The average Bonchev–Trinajstić information content (AvgIpc) is 2.36. The van der Waals surface area contributed by atoms with Gasteiger partial charge >= 0.3 is 0 Å². The molecule has 2 aromatic rings. The Morgan fingerprint density at radius 2 is 2.05 bits per heavy atom. The van der Waals surface area contributed by atoms with Gasteiger partial charge in [0.05, 0.1) is 10.7 Å². The van der Waals surface area contributed by atoms with Crippen molar-refractivity contribution in [1.82, 2.24) is 0 Å². The van der Waals surface area contributed by atoms with Gasteiger partial charge in [-0.25, -0.2) is 0 Å². The number of carbonyl (C=O) groups is 1. The molecule has 2 aromatic carbocycles. The molecule has 0 saturated heterocycles. The summed E-state index contributed by atoms with van der Waals surface area (Å²) in [6, 6.07) is 9.41.